The molecule has 0 radical (unpaired) electrons. The Balaban J connectivity index is 0.912. The monoisotopic (exact) mass is 660 g/mol. The molecule has 5 heterocycles. The van der Waals surface area contributed by atoms with Gasteiger partial charge in [0.25, 0.3) is 0 Å². The van der Waals surface area contributed by atoms with E-state index in [4.69, 9.17) is 9.47 Å². The van der Waals surface area contributed by atoms with Gasteiger partial charge in [-0.25, -0.2) is 4.79 Å². The molecule has 250 valence electrons. The third-order valence-corrected chi connectivity index (χ3v) is 10.2. The number of aromatic nitrogens is 1. The number of nitrogens with zero attached hydrogens (tertiary/aromatic N) is 1. The predicted octanol–water partition coefficient (Wildman–Crippen LogP) is 5.47. The van der Waals surface area contributed by atoms with Crippen LogP contribution in [0.1, 0.15) is 66.7 Å². The molecular formula is C36H44N4O6S. The van der Waals surface area contributed by atoms with Crippen LogP contribution < -0.4 is 20.9 Å². The molecule has 1 unspecified atom stereocenters. The molecule has 2 aromatic heterocycles. The fraction of sp³-hybridized carbons (Fsp3) is 0.444. The molecule has 3 saturated heterocycles. The number of aromatic hydroxyl groups is 1. The number of benzene rings is 2. The zero-order valence-corrected chi connectivity index (χ0v) is 27.3. The van der Waals surface area contributed by atoms with Crippen LogP contribution in [0.15, 0.2) is 70.8 Å². The van der Waals surface area contributed by atoms with Gasteiger partial charge in [-0.3, -0.25) is 9.69 Å². The predicted molar refractivity (Wildman–Crippen MR) is 183 cm³/mol. The summed E-state index contributed by atoms with van der Waals surface area (Å²) in [5, 5.41) is 29.9. The molecule has 0 aliphatic carbocycles. The molecule has 3 atom stereocenters. The molecular weight excluding hydrogens is 616 g/mol. The van der Waals surface area contributed by atoms with Gasteiger partial charge in [0, 0.05) is 29.4 Å². The maximum Gasteiger partial charge on any atom is 0.408 e. The lowest BCUT2D eigenvalue weighted by molar-refractivity contribution is -0.0336. The Morgan fingerprint density at radius 2 is 1.89 bits per heavy atom. The van der Waals surface area contributed by atoms with Gasteiger partial charge in [-0.05, 0) is 98.1 Å². The van der Waals surface area contributed by atoms with Gasteiger partial charge in [0.2, 0.25) is 5.56 Å². The molecule has 1 amide bonds. The van der Waals surface area contributed by atoms with Crippen molar-refractivity contribution < 1.29 is 24.5 Å². The highest BCUT2D eigenvalue weighted by atomic mass is 32.1. The van der Waals surface area contributed by atoms with Crippen LogP contribution in [-0.2, 0) is 4.74 Å². The maximum atomic E-state index is 13.0. The Labute approximate surface area is 278 Å². The number of aromatic amines is 1. The molecule has 0 saturated carbocycles. The van der Waals surface area contributed by atoms with E-state index < -0.39 is 6.10 Å². The quantitative estimate of drug-likeness (QED) is 0.106. The first kappa shape index (κ1) is 33.0. The topological polar surface area (TPSA) is 136 Å². The zero-order chi connectivity index (χ0) is 32.6. The SMILES string of the molecule is O=C(NC(c1cccc(OCCCCCCNC[C@H](O)c2ccc(O)c3[nH]c(=O)ccc23)c1)c1cccs1)O[C@H]1CN2CCC1CC2. The average Bonchev–Trinajstić information content (AvgIpc) is 3.62. The lowest BCUT2D eigenvalue weighted by atomic mass is 9.86. The number of nitrogens with one attached hydrogen (secondary N) is 3. The normalized spacial score (nSPS) is 20.1. The number of phenols is 1. The molecule has 3 aliphatic rings. The number of carbonyl (C=O) groups excluding carboxylic acids is 1. The van der Waals surface area contributed by atoms with Gasteiger partial charge in [-0.1, -0.05) is 37.1 Å². The summed E-state index contributed by atoms with van der Waals surface area (Å²) in [7, 11) is 0. The number of pyridine rings is 1. The number of phenolic OH excluding ortho intramolecular Hbond substituents is 1. The number of ether oxygens (including phenoxy) is 2. The number of fused-ring (bicyclic) bond motifs is 4. The standard InChI is InChI=1S/C36H44N4O6S/c41-29-12-10-27(28-11-13-33(43)38-35(28)29)30(42)22-37-16-3-1-2-4-19-45-26-8-5-7-25(21-26)34(32-9-6-20-47-32)39-36(44)46-31-23-40-17-14-24(31)15-18-40/h5-13,20-21,24,30-31,34,37,41-42H,1-4,14-19,22-23H2,(H,38,43)(H,39,44)/t30-,31-,34?/m0/s1. The van der Waals surface area contributed by atoms with Crippen LogP contribution in [0.3, 0.4) is 0 Å². The van der Waals surface area contributed by atoms with Crippen LogP contribution in [0.5, 0.6) is 11.5 Å². The molecule has 4 aromatic rings. The molecule has 2 aromatic carbocycles. The molecule has 5 N–H and O–H groups in total. The summed E-state index contributed by atoms with van der Waals surface area (Å²) in [6, 6.07) is 17.8. The number of amides is 1. The number of aliphatic hydroxyl groups excluding tert-OH is 1. The molecule has 3 fully saturated rings. The Morgan fingerprint density at radius 3 is 2.68 bits per heavy atom. The number of piperidine rings is 3. The highest BCUT2D eigenvalue weighted by Crippen LogP contribution is 2.32. The fourth-order valence-corrected chi connectivity index (χ4v) is 7.49. The van der Waals surface area contributed by atoms with Crippen molar-refractivity contribution in [1.82, 2.24) is 20.5 Å². The number of hydrogen-bond acceptors (Lipinski definition) is 9. The van der Waals surface area contributed by atoms with E-state index in [0.29, 0.717) is 35.5 Å². The third-order valence-electron chi connectivity index (χ3n) is 9.26. The Bertz CT molecular complexity index is 1670. The van der Waals surface area contributed by atoms with Gasteiger partial charge in [-0.2, -0.15) is 0 Å². The van der Waals surface area contributed by atoms with Gasteiger partial charge >= 0.3 is 6.09 Å². The summed E-state index contributed by atoms with van der Waals surface area (Å²) in [6.45, 7) is 4.78. The van der Waals surface area contributed by atoms with E-state index in [1.165, 1.54) is 12.1 Å². The number of hydrogen-bond donors (Lipinski definition) is 5. The maximum absolute atomic E-state index is 13.0. The highest BCUT2D eigenvalue weighted by molar-refractivity contribution is 7.10. The minimum atomic E-state index is -0.765. The Kier molecular flexibility index (Phi) is 11.1. The summed E-state index contributed by atoms with van der Waals surface area (Å²) >= 11 is 1.61. The molecule has 7 rings (SSSR count). The van der Waals surface area contributed by atoms with E-state index in [2.05, 4.69) is 20.5 Å². The third kappa shape index (κ3) is 8.53. The van der Waals surface area contributed by atoms with Crippen molar-refractivity contribution >= 4 is 28.3 Å². The second kappa shape index (κ2) is 15.8. The van der Waals surface area contributed by atoms with Gasteiger partial charge in [0.05, 0.1) is 24.3 Å². The minimum Gasteiger partial charge on any atom is -0.506 e. The first-order valence-electron chi connectivity index (χ1n) is 16.6. The van der Waals surface area contributed by atoms with E-state index in [-0.39, 0.29) is 29.5 Å². The average molecular weight is 661 g/mol. The van der Waals surface area contributed by atoms with Crippen LogP contribution in [-0.4, -0.2) is 71.6 Å². The van der Waals surface area contributed by atoms with E-state index in [1.807, 2.05) is 41.8 Å². The van der Waals surface area contributed by atoms with Crippen molar-refractivity contribution in [3.05, 3.63) is 92.4 Å². The van der Waals surface area contributed by atoms with Crippen molar-refractivity contribution in [3.8, 4) is 11.5 Å². The van der Waals surface area contributed by atoms with Crippen LogP contribution >= 0.6 is 11.3 Å². The van der Waals surface area contributed by atoms with Crippen molar-refractivity contribution in [1.29, 1.82) is 0 Å². The molecule has 10 nitrogen and oxygen atoms in total. The zero-order valence-electron chi connectivity index (χ0n) is 26.5. The van der Waals surface area contributed by atoms with Crippen LogP contribution in [0, 0.1) is 5.92 Å². The van der Waals surface area contributed by atoms with E-state index in [1.54, 1.807) is 23.5 Å². The number of aliphatic hydroxyl groups is 1. The van der Waals surface area contributed by atoms with Crippen LogP contribution in [0.25, 0.3) is 10.9 Å². The fourth-order valence-electron chi connectivity index (χ4n) is 6.69. The first-order valence-corrected chi connectivity index (χ1v) is 17.5. The summed E-state index contributed by atoms with van der Waals surface area (Å²) in [4.78, 5) is 30.7. The van der Waals surface area contributed by atoms with E-state index in [0.717, 1.165) is 80.9 Å². The number of H-pyrrole nitrogens is 1. The first-order chi connectivity index (χ1) is 22.9. The largest absolute Gasteiger partial charge is 0.506 e. The second-order valence-corrected chi connectivity index (χ2v) is 13.5. The van der Waals surface area contributed by atoms with Crippen LogP contribution in [0.4, 0.5) is 4.79 Å². The highest BCUT2D eigenvalue weighted by Gasteiger charge is 2.37. The Morgan fingerprint density at radius 1 is 1.04 bits per heavy atom. The molecule has 2 bridgehead atoms. The number of carbonyl (C=O) groups is 1. The van der Waals surface area contributed by atoms with Crippen molar-refractivity contribution in [3.63, 3.8) is 0 Å². The van der Waals surface area contributed by atoms with Crippen LogP contribution in [0.2, 0.25) is 0 Å². The lowest BCUT2D eigenvalue weighted by Crippen LogP contribution is -2.52. The molecule has 0 spiro atoms. The van der Waals surface area contributed by atoms with E-state index >= 15 is 0 Å². The van der Waals surface area contributed by atoms with Gasteiger partial charge in [0.1, 0.15) is 17.6 Å². The number of unbranched alkanes of at least 4 members (excludes halogenated alkanes) is 3. The number of thiophene rings is 1. The van der Waals surface area contributed by atoms with Gasteiger partial charge in [-0.15, -0.1) is 11.3 Å². The second-order valence-electron chi connectivity index (χ2n) is 12.5. The number of alkyl carbamates (subject to hydrolysis) is 1. The minimum absolute atomic E-state index is 0.0190. The Hall–Kier alpha value is -3.90. The summed E-state index contributed by atoms with van der Waals surface area (Å²) in [6.07, 6.45) is 4.95. The summed E-state index contributed by atoms with van der Waals surface area (Å²) < 4.78 is 12.0. The van der Waals surface area contributed by atoms with E-state index in [9.17, 15) is 19.8 Å². The number of rotatable bonds is 15. The van der Waals surface area contributed by atoms with Gasteiger partial charge < -0.3 is 35.3 Å². The van der Waals surface area contributed by atoms with Crippen molar-refractivity contribution in [2.45, 2.75) is 56.8 Å². The smallest absolute Gasteiger partial charge is 0.408 e. The lowest BCUT2D eigenvalue weighted by Gasteiger charge is -2.43. The van der Waals surface area contributed by atoms with Crippen molar-refractivity contribution in [2.75, 3.05) is 39.3 Å². The molecule has 3 aliphatic heterocycles. The molecule has 11 heteroatoms. The summed E-state index contributed by atoms with van der Waals surface area (Å²) in [5.74, 6) is 1.21. The molecule has 47 heavy (non-hydrogen) atoms. The van der Waals surface area contributed by atoms with Gasteiger partial charge in [0.15, 0.2) is 0 Å². The van der Waals surface area contributed by atoms with Crippen molar-refractivity contribution in [2.24, 2.45) is 5.92 Å². The summed E-state index contributed by atoms with van der Waals surface area (Å²) in [5.41, 5.74) is 1.65.